The molecular weight excluding hydrogens is 604 g/mol. The molecule has 2 N–H and O–H groups in total. The van der Waals surface area contributed by atoms with Gasteiger partial charge < -0.3 is 43.4 Å². The summed E-state index contributed by atoms with van der Waals surface area (Å²) in [5, 5.41) is 23.3. The van der Waals surface area contributed by atoms with Crippen LogP contribution in [0.2, 0.25) is 0 Å². The molecule has 5 rings (SSSR count). The Kier molecular flexibility index (Phi) is 11.9. The van der Waals surface area contributed by atoms with Crippen molar-refractivity contribution >= 4 is 5.97 Å². The van der Waals surface area contributed by atoms with Crippen LogP contribution in [0.3, 0.4) is 0 Å². The summed E-state index contributed by atoms with van der Waals surface area (Å²) in [5.41, 5.74) is 0.358. The van der Waals surface area contributed by atoms with Crippen LogP contribution in [0.4, 0.5) is 0 Å². The van der Waals surface area contributed by atoms with Gasteiger partial charge in [0, 0.05) is 32.3 Å². The number of esters is 1. The highest BCUT2D eigenvalue weighted by molar-refractivity contribution is 5.78. The van der Waals surface area contributed by atoms with Gasteiger partial charge in [-0.05, 0) is 55.2 Å². The molecule has 0 aromatic rings. The number of methoxy groups -OCH3 is 1. The number of aliphatic hydroxyl groups excluding tert-OH is 1. The van der Waals surface area contributed by atoms with Crippen LogP contribution in [0, 0.1) is 23.7 Å². The highest BCUT2D eigenvalue weighted by Crippen LogP contribution is 2.47. The normalized spacial score (nSPS) is 44.2. The summed E-state index contributed by atoms with van der Waals surface area (Å²) in [4.78, 5) is 14.1. The van der Waals surface area contributed by atoms with E-state index in [0.717, 1.165) is 12.0 Å². The standard InChI is InChI=1S/C37H56O10/c1-22(2)32-25(5)13-14-36(47-32)19-29-18-28(46-36)12-11-24(4)33(44-21-42-16-15-41-7)23(3)9-8-10-27-20-43-34-31(38)26(6)17-30(35(39)45-29)37(27,34)40/h8-11,17,22-23,25,28-34,38,40H,12-16,18-21H2,1-7H3/b9-8+,24-11+,27-10+/t23-,25-,28+,29-,30-,31+,32+,33-,34+,36+,37+/m0/s1. The fourth-order valence-corrected chi connectivity index (χ4v) is 8.03. The van der Waals surface area contributed by atoms with Crippen molar-refractivity contribution in [3.05, 3.63) is 47.1 Å². The molecule has 0 unspecified atom stereocenters. The molecule has 3 fully saturated rings. The highest BCUT2D eigenvalue weighted by Gasteiger charge is 2.60. The SMILES string of the molecule is COCCOCO[C@@H]1/C(C)=C/C[C@@H]2C[C@@H](C[C@]3(CC[C@H](C)[C@@H](C(C)C)O3)O2)OC(=O)[C@@H]2C=C(C)[C@@H](O)[C@H]3OC/C(=C\C=C\[C@@H]1C)[C@]32O. The van der Waals surface area contributed by atoms with E-state index in [4.69, 9.17) is 33.2 Å². The molecule has 0 aromatic heterocycles. The minimum absolute atomic E-state index is 0.0210. The first-order valence-corrected chi connectivity index (χ1v) is 17.4. The van der Waals surface area contributed by atoms with E-state index in [1.54, 1.807) is 26.2 Å². The molecule has 10 heteroatoms. The molecule has 2 bridgehead atoms. The van der Waals surface area contributed by atoms with E-state index in [0.29, 0.717) is 61.9 Å². The Morgan fingerprint density at radius 3 is 2.64 bits per heavy atom. The molecule has 47 heavy (non-hydrogen) atoms. The lowest BCUT2D eigenvalue weighted by molar-refractivity contribution is -0.340. The van der Waals surface area contributed by atoms with Crippen molar-refractivity contribution in [2.75, 3.05) is 33.7 Å². The first-order valence-electron chi connectivity index (χ1n) is 17.4. The maximum absolute atomic E-state index is 14.1. The molecule has 1 aliphatic carbocycles. The zero-order valence-electron chi connectivity index (χ0n) is 29.2. The number of allylic oxidation sites excluding steroid dienone is 2. The number of fused-ring (bicyclic) bond motifs is 2. The smallest absolute Gasteiger partial charge is 0.316 e. The van der Waals surface area contributed by atoms with Gasteiger partial charge in [-0.2, -0.15) is 0 Å². The largest absolute Gasteiger partial charge is 0.462 e. The summed E-state index contributed by atoms with van der Waals surface area (Å²) >= 11 is 0. The van der Waals surface area contributed by atoms with E-state index in [1.807, 2.05) is 12.2 Å². The first kappa shape index (κ1) is 36.4. The van der Waals surface area contributed by atoms with Gasteiger partial charge in [-0.1, -0.05) is 58.1 Å². The zero-order valence-corrected chi connectivity index (χ0v) is 29.2. The maximum Gasteiger partial charge on any atom is 0.316 e. The van der Waals surface area contributed by atoms with Crippen molar-refractivity contribution in [2.24, 2.45) is 23.7 Å². The average Bonchev–Trinajstić information content (AvgIpc) is 3.37. The van der Waals surface area contributed by atoms with Crippen LogP contribution < -0.4 is 0 Å². The second-order valence-corrected chi connectivity index (χ2v) is 14.6. The van der Waals surface area contributed by atoms with Crippen LogP contribution in [0.25, 0.3) is 0 Å². The van der Waals surface area contributed by atoms with Gasteiger partial charge in [-0.15, -0.1) is 0 Å². The Morgan fingerprint density at radius 1 is 1.11 bits per heavy atom. The minimum Gasteiger partial charge on any atom is -0.462 e. The number of hydrogen-bond acceptors (Lipinski definition) is 10. The molecule has 11 atom stereocenters. The molecular formula is C37H56O10. The lowest BCUT2D eigenvalue weighted by Crippen LogP contribution is -2.58. The summed E-state index contributed by atoms with van der Waals surface area (Å²) in [6, 6.07) is 0. The third-order valence-electron chi connectivity index (χ3n) is 10.7. The Labute approximate surface area is 280 Å². The van der Waals surface area contributed by atoms with Gasteiger partial charge in [0.25, 0.3) is 0 Å². The van der Waals surface area contributed by atoms with Crippen molar-refractivity contribution in [2.45, 2.75) is 122 Å². The number of ether oxygens (including phenoxy) is 7. The van der Waals surface area contributed by atoms with E-state index in [9.17, 15) is 15.0 Å². The molecule has 5 aliphatic rings. The van der Waals surface area contributed by atoms with Crippen LogP contribution in [-0.2, 0) is 38.0 Å². The number of aliphatic hydroxyl groups is 2. The second-order valence-electron chi connectivity index (χ2n) is 14.6. The molecule has 4 aliphatic heterocycles. The molecule has 0 radical (unpaired) electrons. The first-order chi connectivity index (χ1) is 22.4. The van der Waals surface area contributed by atoms with Crippen LogP contribution in [0.1, 0.15) is 73.6 Å². The molecule has 4 heterocycles. The molecule has 0 saturated carbocycles. The topological polar surface area (TPSA) is 122 Å². The second kappa shape index (κ2) is 15.3. The zero-order chi connectivity index (χ0) is 33.9. The number of carbonyl (C=O) groups excluding carboxylic acids is 1. The van der Waals surface area contributed by atoms with Gasteiger partial charge in [0.1, 0.15) is 36.6 Å². The number of rotatable bonds is 7. The van der Waals surface area contributed by atoms with Gasteiger partial charge in [0.15, 0.2) is 5.79 Å². The predicted molar refractivity (Wildman–Crippen MR) is 175 cm³/mol. The Hall–Kier alpha value is -1.89. The van der Waals surface area contributed by atoms with Crippen LogP contribution in [0.15, 0.2) is 47.1 Å². The Bertz CT molecular complexity index is 1220. The molecule has 264 valence electrons. The van der Waals surface area contributed by atoms with E-state index >= 15 is 0 Å². The monoisotopic (exact) mass is 660 g/mol. The molecule has 0 aromatic carbocycles. The van der Waals surface area contributed by atoms with E-state index < -0.39 is 41.6 Å². The molecule has 0 amide bonds. The molecule has 10 nitrogen and oxygen atoms in total. The van der Waals surface area contributed by atoms with Gasteiger partial charge in [0.2, 0.25) is 0 Å². The van der Waals surface area contributed by atoms with Gasteiger partial charge in [-0.3, -0.25) is 4.79 Å². The molecule has 1 spiro atoms. The van der Waals surface area contributed by atoms with Gasteiger partial charge in [0.05, 0.1) is 38.1 Å². The number of carbonyl (C=O) groups is 1. The fraction of sp³-hybridized carbons (Fsp3) is 0.757. The van der Waals surface area contributed by atoms with Crippen molar-refractivity contribution in [3.63, 3.8) is 0 Å². The average molecular weight is 661 g/mol. The van der Waals surface area contributed by atoms with Crippen LogP contribution >= 0.6 is 0 Å². The Balaban J connectivity index is 1.51. The van der Waals surface area contributed by atoms with Crippen molar-refractivity contribution in [1.82, 2.24) is 0 Å². The summed E-state index contributed by atoms with van der Waals surface area (Å²) in [5.74, 6) is -1.83. The van der Waals surface area contributed by atoms with Gasteiger partial charge in [-0.25, -0.2) is 0 Å². The van der Waals surface area contributed by atoms with Crippen molar-refractivity contribution < 1.29 is 48.2 Å². The summed E-state index contributed by atoms with van der Waals surface area (Å²) in [7, 11) is 1.63. The van der Waals surface area contributed by atoms with Gasteiger partial charge >= 0.3 is 5.97 Å². The lowest BCUT2D eigenvalue weighted by Gasteiger charge is -2.50. The Morgan fingerprint density at radius 2 is 1.89 bits per heavy atom. The van der Waals surface area contributed by atoms with Crippen LogP contribution in [0.5, 0.6) is 0 Å². The minimum atomic E-state index is -1.76. The van der Waals surface area contributed by atoms with Crippen LogP contribution in [-0.4, -0.2) is 97.9 Å². The third kappa shape index (κ3) is 7.80. The summed E-state index contributed by atoms with van der Waals surface area (Å²) < 4.78 is 42.9. The molecule has 3 saturated heterocycles. The lowest BCUT2D eigenvalue weighted by atomic mass is 9.71. The van der Waals surface area contributed by atoms with Crippen molar-refractivity contribution in [3.8, 4) is 0 Å². The maximum atomic E-state index is 14.1. The van der Waals surface area contributed by atoms with E-state index in [1.165, 1.54) is 0 Å². The summed E-state index contributed by atoms with van der Waals surface area (Å²) in [6.07, 6.45) is 9.55. The highest BCUT2D eigenvalue weighted by atomic mass is 16.7. The van der Waals surface area contributed by atoms with E-state index in [2.05, 4.69) is 40.7 Å². The fourth-order valence-electron chi connectivity index (χ4n) is 8.03. The number of hydrogen-bond donors (Lipinski definition) is 2. The van der Waals surface area contributed by atoms with Crippen molar-refractivity contribution in [1.29, 1.82) is 0 Å². The summed E-state index contributed by atoms with van der Waals surface area (Å²) in [6.45, 7) is 13.5. The predicted octanol–water partition coefficient (Wildman–Crippen LogP) is 4.79. The quantitative estimate of drug-likeness (QED) is 0.171. The van der Waals surface area contributed by atoms with E-state index in [-0.39, 0.29) is 37.6 Å². The third-order valence-corrected chi connectivity index (χ3v) is 10.7.